The van der Waals surface area contributed by atoms with Crippen molar-refractivity contribution < 1.29 is 28.6 Å². The molecule has 376 valence electrons. The van der Waals surface area contributed by atoms with E-state index in [-0.39, 0.29) is 37.5 Å². The van der Waals surface area contributed by atoms with Gasteiger partial charge in [0.15, 0.2) is 6.10 Å². The normalized spacial score (nSPS) is 12.8. The second-order valence-corrected chi connectivity index (χ2v) is 17.7. The van der Waals surface area contributed by atoms with Crippen LogP contribution in [0.3, 0.4) is 0 Å². The van der Waals surface area contributed by atoms with Gasteiger partial charge in [-0.05, 0) is 96.3 Å². The molecule has 0 rings (SSSR count). The molecule has 0 spiro atoms. The predicted octanol–water partition coefficient (Wildman–Crippen LogP) is 18.1. The molecule has 0 aromatic carbocycles. The van der Waals surface area contributed by atoms with Crippen LogP contribution in [-0.4, -0.2) is 37.2 Å². The lowest BCUT2D eigenvalue weighted by atomic mass is 10.0. The van der Waals surface area contributed by atoms with Gasteiger partial charge in [-0.2, -0.15) is 0 Å². The highest BCUT2D eigenvalue weighted by Crippen LogP contribution is 2.15. The lowest BCUT2D eigenvalue weighted by molar-refractivity contribution is -0.167. The first-order valence-corrected chi connectivity index (χ1v) is 27.2. The van der Waals surface area contributed by atoms with Crippen LogP contribution in [0.2, 0.25) is 0 Å². The fraction of sp³-hybridized carbons (Fsp3) is 0.683. The van der Waals surface area contributed by atoms with Gasteiger partial charge in [0, 0.05) is 19.3 Å². The van der Waals surface area contributed by atoms with E-state index in [1.807, 2.05) is 0 Å². The highest BCUT2D eigenvalue weighted by atomic mass is 16.6. The maximum atomic E-state index is 12.8. The topological polar surface area (TPSA) is 78.9 Å². The summed E-state index contributed by atoms with van der Waals surface area (Å²) in [5.41, 5.74) is 0. The molecule has 0 N–H and O–H groups in total. The zero-order chi connectivity index (χ0) is 47.9. The standard InChI is InChI=1S/C60H100O6/c1-4-7-10-13-16-19-21-23-25-26-27-28-29-30-31-32-33-34-36-37-39-41-44-47-50-53-59(62)65-56-57(55-64-58(61)52-49-46-43-18-15-12-9-6-3)66-60(63)54-51-48-45-42-40-38-35-24-22-20-17-14-11-8-5-2/h7-8,10-11,16-17,19-20,23-25,27-28,35,40,42,57H,4-6,9,12-15,18,21-22,26,29-34,36-39,41,43-56H2,1-3H3/b10-7-,11-8-,19-16-,20-17-,25-23-,28-27-,35-24-,42-40-. The summed E-state index contributed by atoms with van der Waals surface area (Å²) in [6, 6.07) is 0. The van der Waals surface area contributed by atoms with Crippen molar-refractivity contribution in [1.82, 2.24) is 0 Å². The third-order valence-corrected chi connectivity index (χ3v) is 11.3. The molecule has 0 aliphatic heterocycles. The van der Waals surface area contributed by atoms with Gasteiger partial charge in [0.1, 0.15) is 13.2 Å². The third kappa shape index (κ3) is 51.3. The molecule has 0 heterocycles. The minimum absolute atomic E-state index is 0.0937. The van der Waals surface area contributed by atoms with Crippen LogP contribution < -0.4 is 0 Å². The summed E-state index contributed by atoms with van der Waals surface area (Å²) in [4.78, 5) is 37.9. The zero-order valence-corrected chi connectivity index (χ0v) is 42.9. The summed E-state index contributed by atoms with van der Waals surface area (Å²) in [7, 11) is 0. The quantitative estimate of drug-likeness (QED) is 0.0262. The van der Waals surface area contributed by atoms with Crippen LogP contribution in [0.15, 0.2) is 97.2 Å². The molecule has 1 unspecified atom stereocenters. The van der Waals surface area contributed by atoms with Gasteiger partial charge in [0.05, 0.1) is 0 Å². The van der Waals surface area contributed by atoms with E-state index in [1.54, 1.807) is 0 Å². The molecule has 0 aromatic heterocycles. The number of hydrogen-bond acceptors (Lipinski definition) is 6. The maximum Gasteiger partial charge on any atom is 0.306 e. The van der Waals surface area contributed by atoms with Crippen molar-refractivity contribution >= 4 is 17.9 Å². The Hall–Kier alpha value is -3.67. The first-order chi connectivity index (χ1) is 32.5. The fourth-order valence-electron chi connectivity index (χ4n) is 7.31. The molecule has 0 amide bonds. The summed E-state index contributed by atoms with van der Waals surface area (Å²) < 4.78 is 16.7. The van der Waals surface area contributed by atoms with Crippen molar-refractivity contribution in [2.45, 2.75) is 252 Å². The van der Waals surface area contributed by atoms with Crippen molar-refractivity contribution in [3.05, 3.63) is 97.2 Å². The Morgan fingerprint density at radius 1 is 0.318 bits per heavy atom. The van der Waals surface area contributed by atoms with Crippen molar-refractivity contribution in [1.29, 1.82) is 0 Å². The molecule has 0 saturated carbocycles. The van der Waals surface area contributed by atoms with Gasteiger partial charge < -0.3 is 14.2 Å². The Kier molecular flexibility index (Phi) is 50.9. The molecular formula is C60H100O6. The second kappa shape index (κ2) is 53.9. The highest BCUT2D eigenvalue weighted by molar-refractivity contribution is 5.71. The number of allylic oxidation sites excluding steroid dienone is 16. The highest BCUT2D eigenvalue weighted by Gasteiger charge is 2.19. The van der Waals surface area contributed by atoms with E-state index >= 15 is 0 Å². The van der Waals surface area contributed by atoms with Crippen molar-refractivity contribution in [2.75, 3.05) is 13.2 Å². The first kappa shape index (κ1) is 62.3. The summed E-state index contributed by atoms with van der Waals surface area (Å²) in [5, 5.41) is 0. The second-order valence-electron chi connectivity index (χ2n) is 17.7. The number of hydrogen-bond donors (Lipinski definition) is 0. The van der Waals surface area contributed by atoms with Crippen LogP contribution in [0.1, 0.15) is 245 Å². The van der Waals surface area contributed by atoms with Crippen molar-refractivity contribution in [3.8, 4) is 0 Å². The van der Waals surface area contributed by atoms with Crippen LogP contribution in [0.5, 0.6) is 0 Å². The Bertz CT molecular complexity index is 1330. The van der Waals surface area contributed by atoms with Crippen LogP contribution in [0, 0.1) is 0 Å². The number of rotatable bonds is 48. The molecule has 0 saturated heterocycles. The Balaban J connectivity index is 4.25. The number of carbonyl (C=O) groups is 3. The average molecular weight is 917 g/mol. The SMILES string of the molecule is CC/C=C\C/C=C\C/C=C\C/C=C\CCCCCCCCCCCCCCC(=O)OCC(COC(=O)CCCCCCCCCC)OC(=O)CCCC/C=C\C/C=C\C/C=C\C/C=C\CC. The monoisotopic (exact) mass is 917 g/mol. The summed E-state index contributed by atoms with van der Waals surface area (Å²) in [6.07, 6.45) is 71.3. The molecule has 0 aromatic rings. The molecule has 6 nitrogen and oxygen atoms in total. The first-order valence-electron chi connectivity index (χ1n) is 27.2. The smallest absolute Gasteiger partial charge is 0.306 e. The van der Waals surface area contributed by atoms with Crippen molar-refractivity contribution in [3.63, 3.8) is 0 Å². The van der Waals surface area contributed by atoms with E-state index in [0.29, 0.717) is 19.3 Å². The largest absolute Gasteiger partial charge is 0.462 e. The molecular weight excluding hydrogens is 817 g/mol. The van der Waals surface area contributed by atoms with E-state index in [2.05, 4.69) is 118 Å². The molecule has 0 radical (unpaired) electrons. The van der Waals surface area contributed by atoms with Gasteiger partial charge in [0.2, 0.25) is 0 Å². The predicted molar refractivity (Wildman–Crippen MR) is 284 cm³/mol. The maximum absolute atomic E-state index is 12.8. The molecule has 6 heteroatoms. The lowest BCUT2D eigenvalue weighted by Crippen LogP contribution is -2.30. The Morgan fingerprint density at radius 3 is 0.955 bits per heavy atom. The van der Waals surface area contributed by atoms with Gasteiger partial charge in [-0.3, -0.25) is 14.4 Å². The van der Waals surface area contributed by atoms with Crippen LogP contribution in [-0.2, 0) is 28.6 Å². The van der Waals surface area contributed by atoms with E-state index in [9.17, 15) is 14.4 Å². The van der Waals surface area contributed by atoms with E-state index in [4.69, 9.17) is 14.2 Å². The Labute approximate surface area is 407 Å². The van der Waals surface area contributed by atoms with E-state index < -0.39 is 6.10 Å². The number of unbranched alkanes of at least 4 members (excludes halogenated alkanes) is 21. The number of carbonyl (C=O) groups excluding carboxylic acids is 3. The van der Waals surface area contributed by atoms with E-state index in [0.717, 1.165) is 103 Å². The van der Waals surface area contributed by atoms with Crippen LogP contribution in [0.4, 0.5) is 0 Å². The minimum atomic E-state index is -0.797. The lowest BCUT2D eigenvalue weighted by Gasteiger charge is -2.18. The van der Waals surface area contributed by atoms with Gasteiger partial charge in [-0.15, -0.1) is 0 Å². The van der Waals surface area contributed by atoms with E-state index in [1.165, 1.54) is 96.3 Å². The summed E-state index contributed by atoms with van der Waals surface area (Å²) in [5.74, 6) is -0.943. The van der Waals surface area contributed by atoms with Gasteiger partial charge in [-0.1, -0.05) is 227 Å². The molecule has 0 fully saturated rings. The summed E-state index contributed by atoms with van der Waals surface area (Å²) in [6.45, 7) is 6.34. The van der Waals surface area contributed by atoms with Gasteiger partial charge in [0.25, 0.3) is 0 Å². The third-order valence-electron chi connectivity index (χ3n) is 11.3. The number of ether oxygens (including phenoxy) is 3. The van der Waals surface area contributed by atoms with Gasteiger partial charge in [-0.25, -0.2) is 0 Å². The molecule has 1 atom stereocenters. The number of esters is 3. The molecule has 0 aliphatic carbocycles. The summed E-state index contributed by atoms with van der Waals surface area (Å²) >= 11 is 0. The average Bonchev–Trinajstić information content (AvgIpc) is 3.31. The molecule has 0 bridgehead atoms. The van der Waals surface area contributed by atoms with Crippen molar-refractivity contribution in [2.24, 2.45) is 0 Å². The van der Waals surface area contributed by atoms with Crippen LogP contribution >= 0.6 is 0 Å². The molecule has 66 heavy (non-hydrogen) atoms. The fourth-order valence-corrected chi connectivity index (χ4v) is 7.31. The Morgan fingerprint density at radius 2 is 0.591 bits per heavy atom. The minimum Gasteiger partial charge on any atom is -0.462 e. The molecule has 0 aliphatic rings. The van der Waals surface area contributed by atoms with Gasteiger partial charge >= 0.3 is 17.9 Å². The zero-order valence-electron chi connectivity index (χ0n) is 42.9. The van der Waals surface area contributed by atoms with Crippen LogP contribution in [0.25, 0.3) is 0 Å².